The molecule has 0 spiro atoms. The van der Waals surface area contributed by atoms with Crippen LogP contribution in [0.3, 0.4) is 0 Å². The maximum absolute atomic E-state index is 6.00. The molecule has 2 heterocycles. The third kappa shape index (κ3) is 3.00. The molecule has 5 nitrogen and oxygen atoms in total. The van der Waals surface area contributed by atoms with Gasteiger partial charge in [0.15, 0.2) is 5.22 Å². The van der Waals surface area contributed by atoms with Gasteiger partial charge in [-0.3, -0.25) is 16.0 Å². The summed E-state index contributed by atoms with van der Waals surface area (Å²) in [5.74, 6) is 5.63. The van der Waals surface area contributed by atoms with Gasteiger partial charge >= 0.3 is 0 Å². The Morgan fingerprint density at radius 1 is 1.53 bits per heavy atom. The quantitative estimate of drug-likeness (QED) is 0.631. The van der Waals surface area contributed by atoms with E-state index in [4.69, 9.17) is 21.9 Å². The van der Waals surface area contributed by atoms with E-state index in [0.717, 1.165) is 36.3 Å². The van der Waals surface area contributed by atoms with E-state index in [1.54, 1.807) is 6.26 Å². The van der Waals surface area contributed by atoms with Crippen LogP contribution >= 0.6 is 11.6 Å². The minimum Gasteiger partial charge on any atom is -0.453 e. The molecule has 1 atom stereocenters. The first-order valence-electron chi connectivity index (χ1n) is 6.44. The summed E-state index contributed by atoms with van der Waals surface area (Å²) in [4.78, 5) is 0. The lowest BCUT2D eigenvalue weighted by Crippen LogP contribution is -2.30. The van der Waals surface area contributed by atoms with E-state index in [-0.39, 0.29) is 6.04 Å². The van der Waals surface area contributed by atoms with Gasteiger partial charge in [0.2, 0.25) is 0 Å². The molecule has 0 amide bonds. The molecule has 3 N–H and O–H groups in total. The zero-order valence-corrected chi connectivity index (χ0v) is 11.9. The summed E-state index contributed by atoms with van der Waals surface area (Å²) in [6.45, 7) is 5.01. The average Bonchev–Trinajstić information content (AvgIpc) is 3.01. The minimum absolute atomic E-state index is 0.0852. The summed E-state index contributed by atoms with van der Waals surface area (Å²) in [5.41, 5.74) is 5.88. The van der Waals surface area contributed by atoms with Gasteiger partial charge in [-0.05, 0) is 37.1 Å². The molecule has 0 bridgehead atoms. The van der Waals surface area contributed by atoms with Crippen LogP contribution in [-0.2, 0) is 19.4 Å². The van der Waals surface area contributed by atoms with Crippen LogP contribution in [0.5, 0.6) is 0 Å². The van der Waals surface area contributed by atoms with Crippen molar-refractivity contribution in [1.82, 2.24) is 15.2 Å². The highest BCUT2D eigenvalue weighted by molar-refractivity contribution is 6.29. The number of nitrogens with one attached hydrogen (secondary N) is 1. The summed E-state index contributed by atoms with van der Waals surface area (Å²) in [6, 6.07) is 3.86. The van der Waals surface area contributed by atoms with Crippen LogP contribution in [0.4, 0.5) is 0 Å². The maximum atomic E-state index is 6.00. The molecular formula is C13H19ClN4O. The Morgan fingerprint density at radius 2 is 2.32 bits per heavy atom. The molecule has 0 aliphatic heterocycles. The number of aryl methyl sites for hydroxylation is 2. The highest BCUT2D eigenvalue weighted by Gasteiger charge is 2.18. The van der Waals surface area contributed by atoms with Gasteiger partial charge in [0.05, 0.1) is 18.0 Å². The minimum atomic E-state index is -0.0852. The zero-order valence-electron chi connectivity index (χ0n) is 11.2. The van der Waals surface area contributed by atoms with Gasteiger partial charge in [-0.15, -0.1) is 0 Å². The Morgan fingerprint density at radius 3 is 2.84 bits per heavy atom. The van der Waals surface area contributed by atoms with Crippen LogP contribution in [0.15, 0.2) is 22.8 Å². The molecule has 0 saturated carbocycles. The van der Waals surface area contributed by atoms with Gasteiger partial charge in [-0.1, -0.05) is 6.92 Å². The Hall–Kier alpha value is -1.30. The van der Waals surface area contributed by atoms with E-state index < -0.39 is 0 Å². The fourth-order valence-electron chi connectivity index (χ4n) is 2.15. The number of nitrogens with zero attached hydrogens (tertiary/aromatic N) is 2. The molecule has 104 valence electrons. The van der Waals surface area contributed by atoms with Crippen molar-refractivity contribution in [3.8, 4) is 0 Å². The molecular weight excluding hydrogens is 264 g/mol. The molecule has 1 unspecified atom stereocenters. The smallest absolute Gasteiger partial charge is 0.197 e. The molecule has 0 saturated heterocycles. The molecule has 2 aromatic rings. The molecule has 6 heteroatoms. The van der Waals surface area contributed by atoms with E-state index in [1.807, 2.05) is 10.7 Å². The predicted octanol–water partition coefficient (Wildman–Crippen LogP) is 2.46. The third-order valence-corrected chi connectivity index (χ3v) is 3.52. The SMILES string of the molecule is CCc1cc(CC(NN)c2ccoc2Cl)n(CC)n1. The van der Waals surface area contributed by atoms with Crippen LogP contribution in [0.2, 0.25) is 5.22 Å². The van der Waals surface area contributed by atoms with Crippen molar-refractivity contribution in [3.63, 3.8) is 0 Å². The second-order valence-electron chi connectivity index (χ2n) is 4.37. The topological polar surface area (TPSA) is 69.0 Å². The van der Waals surface area contributed by atoms with E-state index in [2.05, 4.69) is 30.4 Å². The standard InChI is InChI=1S/C13H19ClN4O/c1-3-9-7-10(18(4-2)17-9)8-12(16-15)11-5-6-19-13(11)14/h5-7,12,16H,3-4,8,15H2,1-2H3. The normalized spacial score (nSPS) is 12.8. The Kier molecular flexibility index (Phi) is 4.63. The highest BCUT2D eigenvalue weighted by Crippen LogP contribution is 2.26. The number of rotatable bonds is 6. The van der Waals surface area contributed by atoms with Crippen molar-refractivity contribution in [3.05, 3.63) is 40.6 Å². The van der Waals surface area contributed by atoms with Gasteiger partial charge in [0.1, 0.15) is 0 Å². The lowest BCUT2D eigenvalue weighted by atomic mass is 10.1. The molecule has 0 aromatic carbocycles. The van der Waals surface area contributed by atoms with Crippen molar-refractivity contribution < 1.29 is 4.42 Å². The van der Waals surface area contributed by atoms with Gasteiger partial charge in [-0.2, -0.15) is 5.10 Å². The van der Waals surface area contributed by atoms with Crippen molar-refractivity contribution >= 4 is 11.6 Å². The zero-order chi connectivity index (χ0) is 13.8. The number of hydrogen-bond donors (Lipinski definition) is 2. The van der Waals surface area contributed by atoms with Gasteiger partial charge in [0, 0.05) is 24.2 Å². The van der Waals surface area contributed by atoms with Crippen molar-refractivity contribution in [2.24, 2.45) is 5.84 Å². The van der Waals surface area contributed by atoms with Crippen molar-refractivity contribution in [1.29, 1.82) is 0 Å². The number of hydrazine groups is 1. The molecule has 0 fully saturated rings. The van der Waals surface area contributed by atoms with Crippen LogP contribution in [0, 0.1) is 0 Å². The fourth-order valence-corrected chi connectivity index (χ4v) is 2.39. The largest absolute Gasteiger partial charge is 0.453 e. The van der Waals surface area contributed by atoms with E-state index in [9.17, 15) is 0 Å². The molecule has 0 radical (unpaired) electrons. The van der Waals surface area contributed by atoms with E-state index >= 15 is 0 Å². The number of halogens is 1. The molecule has 19 heavy (non-hydrogen) atoms. The molecule has 0 aliphatic rings. The molecule has 2 rings (SSSR count). The first-order valence-corrected chi connectivity index (χ1v) is 6.82. The van der Waals surface area contributed by atoms with Crippen LogP contribution < -0.4 is 11.3 Å². The lowest BCUT2D eigenvalue weighted by molar-refractivity contribution is 0.505. The molecule has 0 aliphatic carbocycles. The van der Waals surface area contributed by atoms with Crippen molar-refractivity contribution in [2.75, 3.05) is 0 Å². The number of furan rings is 1. The van der Waals surface area contributed by atoms with Crippen molar-refractivity contribution in [2.45, 2.75) is 39.3 Å². The second kappa shape index (κ2) is 6.23. The fraction of sp³-hybridized carbons (Fsp3) is 0.462. The average molecular weight is 283 g/mol. The number of nitrogens with two attached hydrogens (primary N) is 1. The second-order valence-corrected chi connectivity index (χ2v) is 4.71. The summed E-state index contributed by atoms with van der Waals surface area (Å²) in [5, 5.41) is 4.91. The summed E-state index contributed by atoms with van der Waals surface area (Å²) < 4.78 is 7.11. The van der Waals surface area contributed by atoms with E-state index in [0.29, 0.717) is 5.22 Å². The highest BCUT2D eigenvalue weighted by atomic mass is 35.5. The number of aromatic nitrogens is 2. The van der Waals surface area contributed by atoms with Crippen LogP contribution in [-0.4, -0.2) is 9.78 Å². The monoisotopic (exact) mass is 282 g/mol. The Balaban J connectivity index is 2.23. The maximum Gasteiger partial charge on any atom is 0.197 e. The summed E-state index contributed by atoms with van der Waals surface area (Å²) in [7, 11) is 0. The lowest BCUT2D eigenvalue weighted by Gasteiger charge is -2.15. The number of hydrogen-bond acceptors (Lipinski definition) is 4. The van der Waals surface area contributed by atoms with Gasteiger partial charge < -0.3 is 4.42 Å². The third-order valence-electron chi connectivity index (χ3n) is 3.21. The van der Waals surface area contributed by atoms with Crippen LogP contribution in [0.1, 0.15) is 36.8 Å². The summed E-state index contributed by atoms with van der Waals surface area (Å²) in [6.07, 6.45) is 3.21. The summed E-state index contributed by atoms with van der Waals surface area (Å²) >= 11 is 6.00. The molecule has 2 aromatic heterocycles. The van der Waals surface area contributed by atoms with E-state index in [1.165, 1.54) is 0 Å². The predicted molar refractivity (Wildman–Crippen MR) is 74.8 cm³/mol. The first-order chi connectivity index (χ1) is 9.19. The Labute approximate surface area is 117 Å². The Bertz CT molecular complexity index is 534. The van der Waals surface area contributed by atoms with Gasteiger partial charge in [-0.25, -0.2) is 0 Å². The van der Waals surface area contributed by atoms with Gasteiger partial charge in [0.25, 0.3) is 0 Å². The first kappa shape index (κ1) is 14.1. The van der Waals surface area contributed by atoms with Crippen LogP contribution in [0.25, 0.3) is 0 Å².